The highest BCUT2D eigenvalue weighted by Crippen LogP contribution is 2.33. The summed E-state index contributed by atoms with van der Waals surface area (Å²) in [5.74, 6) is -2.24. The summed E-state index contributed by atoms with van der Waals surface area (Å²) in [5.41, 5.74) is 0.0169. The summed E-state index contributed by atoms with van der Waals surface area (Å²) in [5, 5.41) is 11.8. The van der Waals surface area contributed by atoms with Gasteiger partial charge in [-0.3, -0.25) is 14.4 Å². The maximum absolute atomic E-state index is 12.6. The summed E-state index contributed by atoms with van der Waals surface area (Å²) in [6.07, 6.45) is 0.835. The number of hydrogen-bond donors (Lipinski definition) is 3. The number of H-pyrrole nitrogens is 1. The number of fused-ring (bicyclic) bond motifs is 1. The molecule has 1 aliphatic rings. The standard InChI is InChI=1S/C20H20N2O5/c1-20(2)9-14-12(15(23)10-20)8-13(17(24)21-14)18(25)22-16(19(26)27)11-6-4-3-5-7-11/h3-8,16H,9-10H2,1-2H3,(H,21,24)(H,22,25)(H,26,27)/t16-/m1/s1. The van der Waals surface area contributed by atoms with Gasteiger partial charge >= 0.3 is 5.97 Å². The predicted octanol–water partition coefficient (Wildman–Crippen LogP) is 2.09. The number of benzene rings is 1. The summed E-state index contributed by atoms with van der Waals surface area (Å²) < 4.78 is 0. The molecule has 0 aliphatic heterocycles. The molecule has 1 aromatic heterocycles. The number of aliphatic carboxylic acids is 1. The molecule has 1 atom stereocenters. The lowest BCUT2D eigenvalue weighted by Crippen LogP contribution is -2.38. The van der Waals surface area contributed by atoms with Gasteiger partial charge in [0.2, 0.25) is 0 Å². The zero-order valence-electron chi connectivity index (χ0n) is 15.0. The van der Waals surface area contributed by atoms with E-state index >= 15 is 0 Å². The molecule has 1 heterocycles. The Hall–Kier alpha value is -3.22. The molecule has 140 valence electrons. The lowest BCUT2D eigenvalue weighted by atomic mass is 9.75. The average molecular weight is 368 g/mol. The van der Waals surface area contributed by atoms with Crippen LogP contribution in [0.3, 0.4) is 0 Å². The van der Waals surface area contributed by atoms with Gasteiger partial charge < -0.3 is 15.4 Å². The summed E-state index contributed by atoms with van der Waals surface area (Å²) >= 11 is 0. The normalized spacial score (nSPS) is 16.3. The van der Waals surface area contributed by atoms with E-state index in [4.69, 9.17) is 0 Å². The van der Waals surface area contributed by atoms with Gasteiger partial charge in [-0.1, -0.05) is 44.2 Å². The van der Waals surface area contributed by atoms with E-state index in [-0.39, 0.29) is 16.8 Å². The van der Waals surface area contributed by atoms with Crippen LogP contribution >= 0.6 is 0 Å². The number of nitrogens with one attached hydrogen (secondary N) is 2. The summed E-state index contributed by atoms with van der Waals surface area (Å²) in [4.78, 5) is 51.5. The zero-order chi connectivity index (χ0) is 19.8. The van der Waals surface area contributed by atoms with Crippen molar-refractivity contribution in [3.63, 3.8) is 0 Å². The van der Waals surface area contributed by atoms with Gasteiger partial charge in [-0.15, -0.1) is 0 Å². The number of rotatable bonds is 4. The average Bonchev–Trinajstić information content (AvgIpc) is 2.58. The van der Waals surface area contributed by atoms with E-state index in [1.165, 1.54) is 6.07 Å². The number of ketones is 1. The first-order chi connectivity index (χ1) is 12.7. The Labute approximate surface area is 155 Å². The van der Waals surface area contributed by atoms with Crippen LogP contribution in [0.25, 0.3) is 0 Å². The van der Waals surface area contributed by atoms with Gasteiger partial charge in [-0.05, 0) is 23.5 Å². The van der Waals surface area contributed by atoms with Gasteiger partial charge in [-0.2, -0.15) is 0 Å². The van der Waals surface area contributed by atoms with Crippen LogP contribution in [0.1, 0.15) is 58.3 Å². The van der Waals surface area contributed by atoms with Crippen LogP contribution in [0.4, 0.5) is 0 Å². The van der Waals surface area contributed by atoms with Crippen LogP contribution < -0.4 is 10.9 Å². The first-order valence-electron chi connectivity index (χ1n) is 8.56. The van der Waals surface area contributed by atoms with Crippen molar-refractivity contribution in [2.24, 2.45) is 5.41 Å². The minimum absolute atomic E-state index is 0.149. The van der Waals surface area contributed by atoms with Crippen molar-refractivity contribution in [2.45, 2.75) is 32.7 Å². The molecule has 0 saturated heterocycles. The number of aromatic amines is 1. The summed E-state index contributed by atoms with van der Waals surface area (Å²) in [6, 6.07) is 8.15. The molecule has 0 spiro atoms. The number of carboxylic acids is 1. The predicted molar refractivity (Wildman–Crippen MR) is 97.8 cm³/mol. The van der Waals surface area contributed by atoms with Crippen molar-refractivity contribution in [2.75, 3.05) is 0 Å². The van der Waals surface area contributed by atoms with E-state index in [2.05, 4.69) is 10.3 Å². The topological polar surface area (TPSA) is 116 Å². The van der Waals surface area contributed by atoms with E-state index in [1.54, 1.807) is 30.3 Å². The lowest BCUT2D eigenvalue weighted by Gasteiger charge is -2.29. The molecule has 1 aromatic carbocycles. The molecule has 1 aliphatic carbocycles. The second kappa shape index (κ2) is 6.83. The van der Waals surface area contributed by atoms with Crippen LogP contribution in [0.15, 0.2) is 41.2 Å². The Morgan fingerprint density at radius 2 is 1.81 bits per heavy atom. The molecule has 0 bridgehead atoms. The Morgan fingerprint density at radius 3 is 2.44 bits per heavy atom. The maximum atomic E-state index is 12.6. The molecule has 3 rings (SSSR count). The molecule has 27 heavy (non-hydrogen) atoms. The molecular weight excluding hydrogens is 348 g/mol. The molecule has 0 unspecified atom stereocenters. The Morgan fingerprint density at radius 1 is 1.15 bits per heavy atom. The second-order valence-electron chi connectivity index (χ2n) is 7.50. The van der Waals surface area contributed by atoms with Crippen LogP contribution in [0.5, 0.6) is 0 Å². The number of carboxylic acid groups (broad SMARTS) is 1. The smallest absolute Gasteiger partial charge is 0.330 e. The fourth-order valence-electron chi connectivity index (χ4n) is 3.34. The third-order valence-corrected chi connectivity index (χ3v) is 4.62. The minimum atomic E-state index is -1.30. The van der Waals surface area contributed by atoms with Crippen molar-refractivity contribution in [3.05, 3.63) is 69.1 Å². The molecule has 7 nitrogen and oxygen atoms in total. The van der Waals surface area contributed by atoms with Crippen molar-refractivity contribution in [1.29, 1.82) is 0 Å². The monoisotopic (exact) mass is 368 g/mol. The molecule has 0 radical (unpaired) electrons. The largest absolute Gasteiger partial charge is 0.479 e. The zero-order valence-corrected chi connectivity index (χ0v) is 15.0. The lowest BCUT2D eigenvalue weighted by molar-refractivity contribution is -0.139. The number of carbonyl (C=O) groups excluding carboxylic acids is 2. The Kier molecular flexibility index (Phi) is 4.70. The molecule has 0 fully saturated rings. The van der Waals surface area contributed by atoms with Crippen molar-refractivity contribution >= 4 is 17.7 Å². The number of carbonyl (C=O) groups is 3. The fraction of sp³-hybridized carbons (Fsp3) is 0.300. The summed E-state index contributed by atoms with van der Waals surface area (Å²) in [7, 11) is 0. The summed E-state index contributed by atoms with van der Waals surface area (Å²) in [6.45, 7) is 3.87. The van der Waals surface area contributed by atoms with Crippen LogP contribution in [0.2, 0.25) is 0 Å². The van der Waals surface area contributed by atoms with Gasteiger partial charge in [0.25, 0.3) is 11.5 Å². The van der Waals surface area contributed by atoms with Gasteiger partial charge in [0, 0.05) is 17.7 Å². The van der Waals surface area contributed by atoms with Gasteiger partial charge in [0.1, 0.15) is 5.56 Å². The van der Waals surface area contributed by atoms with E-state index < -0.39 is 23.5 Å². The third-order valence-electron chi connectivity index (χ3n) is 4.62. The van der Waals surface area contributed by atoms with Gasteiger partial charge in [-0.25, -0.2) is 4.79 Å². The number of hydrogen-bond acceptors (Lipinski definition) is 4. The van der Waals surface area contributed by atoms with Crippen LogP contribution in [0, 0.1) is 5.41 Å². The maximum Gasteiger partial charge on any atom is 0.330 e. The first-order valence-corrected chi connectivity index (χ1v) is 8.56. The highest BCUT2D eigenvalue weighted by Gasteiger charge is 2.33. The van der Waals surface area contributed by atoms with Crippen LogP contribution in [-0.4, -0.2) is 27.8 Å². The van der Waals surface area contributed by atoms with Gasteiger partial charge in [0.15, 0.2) is 11.8 Å². The van der Waals surface area contributed by atoms with Crippen LogP contribution in [-0.2, 0) is 11.2 Å². The Balaban J connectivity index is 1.94. The first kappa shape index (κ1) is 18.6. The van der Waals surface area contributed by atoms with Crippen molar-refractivity contribution in [1.82, 2.24) is 10.3 Å². The molecule has 7 heteroatoms. The van der Waals surface area contributed by atoms with Gasteiger partial charge in [0.05, 0.1) is 0 Å². The number of Topliss-reactive ketones (excluding diaryl/α,β-unsaturated/α-hetero) is 1. The van der Waals surface area contributed by atoms with E-state index in [1.807, 2.05) is 13.8 Å². The minimum Gasteiger partial charge on any atom is -0.479 e. The quantitative estimate of drug-likeness (QED) is 0.764. The molecular formula is C20H20N2O5. The fourth-order valence-corrected chi connectivity index (χ4v) is 3.34. The molecule has 0 saturated carbocycles. The third kappa shape index (κ3) is 3.81. The molecule has 1 amide bonds. The number of aromatic nitrogens is 1. The molecule has 2 aromatic rings. The molecule has 3 N–H and O–H groups in total. The van der Waals surface area contributed by atoms with E-state index in [0.717, 1.165) is 0 Å². The number of amides is 1. The van der Waals surface area contributed by atoms with Crippen molar-refractivity contribution < 1.29 is 19.5 Å². The SMILES string of the molecule is CC1(C)CC(=O)c2cc(C(=O)N[C@@H](C(=O)O)c3ccccc3)c(=O)[nH]c2C1. The van der Waals surface area contributed by atoms with E-state index in [9.17, 15) is 24.3 Å². The van der Waals surface area contributed by atoms with Crippen molar-refractivity contribution in [3.8, 4) is 0 Å². The number of pyridine rings is 1. The Bertz CT molecular complexity index is 976. The highest BCUT2D eigenvalue weighted by molar-refractivity contribution is 6.02. The van der Waals surface area contributed by atoms with E-state index in [0.29, 0.717) is 29.7 Å². The second-order valence-corrected chi connectivity index (χ2v) is 7.50. The highest BCUT2D eigenvalue weighted by atomic mass is 16.4.